The van der Waals surface area contributed by atoms with Crippen LogP contribution in [0.1, 0.15) is 40.5 Å². The lowest BCUT2D eigenvalue weighted by atomic mass is 9.87. The summed E-state index contributed by atoms with van der Waals surface area (Å²) in [6, 6.07) is -1.13. The molecule has 0 fully saturated rings. The average molecular weight is 229 g/mol. The van der Waals surface area contributed by atoms with Crippen molar-refractivity contribution >= 4 is 17.7 Å². The van der Waals surface area contributed by atoms with Gasteiger partial charge in [0.25, 0.3) is 0 Å². The van der Waals surface area contributed by atoms with Crippen LogP contribution in [0.2, 0.25) is 0 Å². The van der Waals surface area contributed by atoms with Crippen LogP contribution in [0.4, 0.5) is 0 Å². The van der Waals surface area contributed by atoms with Crippen molar-refractivity contribution in [1.82, 2.24) is 5.32 Å². The number of rotatable bonds is 5. The number of carboxylic acid groups (broad SMARTS) is 1. The number of carboxylic acids is 1. The van der Waals surface area contributed by atoms with Crippen molar-refractivity contribution in [3.63, 3.8) is 0 Å². The van der Waals surface area contributed by atoms with E-state index >= 15 is 0 Å². The van der Waals surface area contributed by atoms with Gasteiger partial charge in [0.2, 0.25) is 5.91 Å². The second-order valence-corrected chi connectivity index (χ2v) is 4.69. The largest absolute Gasteiger partial charge is 0.480 e. The Labute approximate surface area is 95.2 Å². The van der Waals surface area contributed by atoms with Crippen molar-refractivity contribution in [3.05, 3.63) is 0 Å². The third-order valence-corrected chi connectivity index (χ3v) is 2.18. The number of aliphatic carboxylic acids is 1. The Morgan fingerprint density at radius 1 is 1.25 bits per heavy atom. The second kappa shape index (κ2) is 5.63. The lowest BCUT2D eigenvalue weighted by Gasteiger charge is -2.20. The molecule has 0 saturated carbocycles. The van der Waals surface area contributed by atoms with E-state index in [1.54, 1.807) is 27.7 Å². The van der Waals surface area contributed by atoms with Crippen molar-refractivity contribution in [2.24, 2.45) is 5.41 Å². The van der Waals surface area contributed by atoms with E-state index in [9.17, 15) is 14.4 Å². The minimum absolute atomic E-state index is 0.176. The molecule has 16 heavy (non-hydrogen) atoms. The number of hydrogen-bond donors (Lipinski definition) is 2. The monoisotopic (exact) mass is 229 g/mol. The Balaban J connectivity index is 4.53. The number of ketones is 1. The predicted octanol–water partition coefficient (Wildman–Crippen LogP) is 0.971. The molecular formula is C11H19NO4. The van der Waals surface area contributed by atoms with Gasteiger partial charge in [-0.25, -0.2) is 4.79 Å². The number of carbonyl (C=O) groups excluding carboxylic acids is 2. The third kappa shape index (κ3) is 4.91. The first kappa shape index (κ1) is 14.6. The Bertz CT molecular complexity index is 291. The molecule has 0 aliphatic carbocycles. The summed E-state index contributed by atoms with van der Waals surface area (Å²) in [5.74, 6) is -1.73. The molecule has 0 aliphatic rings. The Morgan fingerprint density at radius 3 is 2.06 bits per heavy atom. The normalized spacial score (nSPS) is 13.0. The highest BCUT2D eigenvalue weighted by molar-refractivity contribution is 5.91. The molecule has 1 atom stereocenters. The fourth-order valence-electron chi connectivity index (χ4n) is 0.988. The quantitative estimate of drug-likeness (QED) is 0.735. The van der Waals surface area contributed by atoms with Crippen LogP contribution >= 0.6 is 0 Å². The molecule has 5 heteroatoms. The maximum atomic E-state index is 11.6. The standard InChI is InChI=1S/C11H19NO4/c1-5-9(14)12-7(10(15)16)6-8(13)11(2,3)4/h7H,5-6H2,1-4H3,(H,12,14)(H,15,16). The van der Waals surface area contributed by atoms with Gasteiger partial charge in [-0.05, 0) is 0 Å². The van der Waals surface area contributed by atoms with Gasteiger partial charge in [-0.2, -0.15) is 0 Å². The zero-order valence-electron chi connectivity index (χ0n) is 10.2. The summed E-state index contributed by atoms with van der Waals surface area (Å²) in [6.45, 7) is 6.78. The lowest BCUT2D eigenvalue weighted by molar-refractivity contribution is -0.144. The van der Waals surface area contributed by atoms with Crippen LogP contribution in [-0.4, -0.2) is 28.8 Å². The highest BCUT2D eigenvalue weighted by Crippen LogP contribution is 2.17. The van der Waals surface area contributed by atoms with Crippen LogP contribution in [0.15, 0.2) is 0 Å². The Hall–Kier alpha value is -1.39. The van der Waals surface area contributed by atoms with E-state index in [1.807, 2.05) is 0 Å². The number of hydrogen-bond acceptors (Lipinski definition) is 3. The molecule has 0 heterocycles. The minimum atomic E-state index is -1.18. The first-order chi connectivity index (χ1) is 7.18. The van der Waals surface area contributed by atoms with Crippen LogP contribution < -0.4 is 5.32 Å². The zero-order chi connectivity index (χ0) is 12.9. The minimum Gasteiger partial charge on any atom is -0.480 e. The summed E-state index contributed by atoms with van der Waals surface area (Å²) < 4.78 is 0. The summed E-state index contributed by atoms with van der Waals surface area (Å²) in [4.78, 5) is 33.6. The molecule has 0 aromatic rings. The van der Waals surface area contributed by atoms with Crippen molar-refractivity contribution in [3.8, 4) is 0 Å². The van der Waals surface area contributed by atoms with Gasteiger partial charge in [0.15, 0.2) is 0 Å². The molecule has 5 nitrogen and oxygen atoms in total. The molecule has 0 aromatic carbocycles. The second-order valence-electron chi connectivity index (χ2n) is 4.69. The topological polar surface area (TPSA) is 83.5 Å². The molecule has 2 N–H and O–H groups in total. The van der Waals surface area contributed by atoms with Crippen LogP contribution in [-0.2, 0) is 14.4 Å². The van der Waals surface area contributed by atoms with Crippen molar-refractivity contribution < 1.29 is 19.5 Å². The van der Waals surface area contributed by atoms with Gasteiger partial charge in [0, 0.05) is 18.3 Å². The number of carbonyl (C=O) groups is 3. The molecular weight excluding hydrogens is 210 g/mol. The summed E-state index contributed by atoms with van der Waals surface area (Å²) in [5.41, 5.74) is -0.593. The van der Waals surface area contributed by atoms with Gasteiger partial charge in [-0.3, -0.25) is 9.59 Å². The smallest absolute Gasteiger partial charge is 0.326 e. The van der Waals surface area contributed by atoms with Gasteiger partial charge in [-0.1, -0.05) is 27.7 Å². The first-order valence-electron chi connectivity index (χ1n) is 5.24. The van der Waals surface area contributed by atoms with Gasteiger partial charge in [-0.15, -0.1) is 0 Å². The Kier molecular flexibility index (Phi) is 5.14. The van der Waals surface area contributed by atoms with E-state index < -0.39 is 17.4 Å². The first-order valence-corrected chi connectivity index (χ1v) is 5.24. The molecule has 0 aromatic heterocycles. The molecule has 0 bridgehead atoms. The van der Waals surface area contributed by atoms with Gasteiger partial charge < -0.3 is 10.4 Å². The van der Waals surface area contributed by atoms with E-state index in [2.05, 4.69) is 5.32 Å². The number of Topliss-reactive ketones (excluding diaryl/α,β-unsaturated/α-hetero) is 1. The molecule has 0 aliphatic heterocycles. The fraction of sp³-hybridized carbons (Fsp3) is 0.727. The van der Waals surface area contributed by atoms with Crippen molar-refractivity contribution in [2.45, 2.75) is 46.6 Å². The molecule has 0 radical (unpaired) electrons. The summed E-state index contributed by atoms with van der Waals surface area (Å²) in [6.07, 6.45) is 0.0259. The van der Waals surface area contributed by atoms with E-state index in [4.69, 9.17) is 5.11 Å². The van der Waals surface area contributed by atoms with Gasteiger partial charge in [0.1, 0.15) is 11.8 Å². The molecule has 1 amide bonds. The Morgan fingerprint density at radius 2 is 1.75 bits per heavy atom. The number of amides is 1. The van der Waals surface area contributed by atoms with Gasteiger partial charge >= 0.3 is 5.97 Å². The molecule has 0 rings (SSSR count). The maximum absolute atomic E-state index is 11.6. The zero-order valence-corrected chi connectivity index (χ0v) is 10.2. The predicted molar refractivity (Wildman–Crippen MR) is 58.9 cm³/mol. The average Bonchev–Trinajstić information content (AvgIpc) is 2.14. The fourth-order valence-corrected chi connectivity index (χ4v) is 0.988. The summed E-state index contributed by atoms with van der Waals surface area (Å²) in [5, 5.41) is 11.2. The van der Waals surface area contributed by atoms with Crippen LogP contribution in [0.25, 0.3) is 0 Å². The van der Waals surface area contributed by atoms with Crippen molar-refractivity contribution in [2.75, 3.05) is 0 Å². The lowest BCUT2D eigenvalue weighted by Crippen LogP contribution is -2.43. The highest BCUT2D eigenvalue weighted by Gasteiger charge is 2.28. The van der Waals surface area contributed by atoms with Crippen molar-refractivity contribution in [1.29, 1.82) is 0 Å². The third-order valence-electron chi connectivity index (χ3n) is 2.18. The molecule has 92 valence electrons. The maximum Gasteiger partial charge on any atom is 0.326 e. The summed E-state index contributed by atoms with van der Waals surface area (Å²) in [7, 11) is 0. The highest BCUT2D eigenvalue weighted by atomic mass is 16.4. The van der Waals surface area contributed by atoms with Crippen LogP contribution in [0.3, 0.4) is 0 Å². The van der Waals surface area contributed by atoms with Gasteiger partial charge in [0.05, 0.1) is 0 Å². The molecule has 0 spiro atoms. The van der Waals surface area contributed by atoms with Crippen LogP contribution in [0.5, 0.6) is 0 Å². The SMILES string of the molecule is CCC(=O)NC(CC(=O)C(C)(C)C)C(=O)O. The van der Waals surface area contributed by atoms with Crippen LogP contribution in [0, 0.1) is 5.41 Å². The van der Waals surface area contributed by atoms with E-state index in [0.29, 0.717) is 0 Å². The summed E-state index contributed by atoms with van der Waals surface area (Å²) >= 11 is 0. The van der Waals surface area contributed by atoms with E-state index in [0.717, 1.165) is 0 Å². The number of nitrogens with one attached hydrogen (secondary N) is 1. The molecule has 1 unspecified atom stereocenters. The van der Waals surface area contributed by atoms with E-state index in [-0.39, 0.29) is 24.5 Å². The van der Waals surface area contributed by atoms with E-state index in [1.165, 1.54) is 0 Å². The molecule has 0 saturated heterocycles.